The number of carbonyl (C=O) groups is 3. The van der Waals surface area contributed by atoms with Crippen molar-refractivity contribution in [2.24, 2.45) is 0 Å². The maximum atomic E-state index is 12.8. The summed E-state index contributed by atoms with van der Waals surface area (Å²) in [7, 11) is 0. The van der Waals surface area contributed by atoms with Gasteiger partial charge >= 0.3 is 0 Å². The second kappa shape index (κ2) is 7.46. The summed E-state index contributed by atoms with van der Waals surface area (Å²) in [5.74, 6) is -0.872. The Bertz CT molecular complexity index is 598. The summed E-state index contributed by atoms with van der Waals surface area (Å²) in [6.07, 6.45) is 0. The molecule has 1 aliphatic heterocycles. The summed E-state index contributed by atoms with van der Waals surface area (Å²) >= 11 is 6.69. The van der Waals surface area contributed by atoms with Crippen LogP contribution in [0.25, 0.3) is 0 Å². The largest absolute Gasteiger partial charge is 0.482 e. The molecule has 0 spiro atoms. The molecule has 1 aromatic carbocycles. The van der Waals surface area contributed by atoms with Gasteiger partial charge in [0.05, 0.1) is 10.8 Å². The Hall–Kier alpha value is -1.80. The van der Waals surface area contributed by atoms with E-state index in [-0.39, 0.29) is 47.4 Å². The summed E-state index contributed by atoms with van der Waals surface area (Å²) in [5, 5.41) is 2.27. The molecule has 22 heavy (non-hydrogen) atoms. The van der Waals surface area contributed by atoms with E-state index in [1.165, 1.54) is 12.1 Å². The van der Waals surface area contributed by atoms with Crippen LogP contribution in [-0.4, -0.2) is 47.4 Å². The van der Waals surface area contributed by atoms with E-state index in [0.29, 0.717) is 0 Å². The van der Waals surface area contributed by atoms with Crippen LogP contribution in [0.4, 0.5) is 9.18 Å². The Labute approximate surface area is 134 Å². The van der Waals surface area contributed by atoms with Gasteiger partial charge in [-0.15, -0.1) is 0 Å². The predicted molar refractivity (Wildman–Crippen MR) is 79.5 cm³/mol. The van der Waals surface area contributed by atoms with E-state index >= 15 is 0 Å². The lowest BCUT2D eigenvalue weighted by atomic mass is 10.3. The molecule has 1 aromatic rings. The van der Waals surface area contributed by atoms with Crippen molar-refractivity contribution in [2.75, 3.05) is 25.4 Å². The summed E-state index contributed by atoms with van der Waals surface area (Å²) in [4.78, 5) is 35.3. The topological polar surface area (TPSA) is 75.7 Å². The summed E-state index contributed by atoms with van der Waals surface area (Å²) in [6, 6.07) is 3.57. The van der Waals surface area contributed by atoms with Gasteiger partial charge in [0.15, 0.2) is 6.61 Å². The minimum atomic E-state index is -0.500. The van der Waals surface area contributed by atoms with Crippen molar-refractivity contribution in [1.29, 1.82) is 0 Å². The van der Waals surface area contributed by atoms with Gasteiger partial charge < -0.3 is 10.1 Å². The first-order chi connectivity index (χ1) is 10.5. The van der Waals surface area contributed by atoms with E-state index in [2.05, 4.69) is 5.32 Å². The lowest BCUT2D eigenvalue weighted by Crippen LogP contribution is -2.39. The number of hydrogen-bond acceptors (Lipinski definition) is 5. The third-order valence-corrected chi connectivity index (χ3v) is 3.90. The van der Waals surface area contributed by atoms with Gasteiger partial charge in [0.25, 0.3) is 11.1 Å². The Balaban J connectivity index is 1.72. The van der Waals surface area contributed by atoms with E-state index in [4.69, 9.17) is 16.3 Å². The number of ether oxygens (including phenoxy) is 1. The molecule has 0 unspecified atom stereocenters. The first-order valence-electron chi connectivity index (χ1n) is 6.29. The van der Waals surface area contributed by atoms with Crippen LogP contribution >= 0.6 is 23.4 Å². The van der Waals surface area contributed by atoms with E-state index in [1.54, 1.807) is 0 Å². The number of carbonyl (C=O) groups excluding carboxylic acids is 3. The van der Waals surface area contributed by atoms with Gasteiger partial charge in [-0.1, -0.05) is 23.4 Å². The van der Waals surface area contributed by atoms with Crippen LogP contribution in [-0.2, 0) is 9.59 Å². The molecular formula is C13H12ClFN2O4S. The van der Waals surface area contributed by atoms with Crippen molar-refractivity contribution in [3.63, 3.8) is 0 Å². The molecule has 2 rings (SSSR count). The van der Waals surface area contributed by atoms with Gasteiger partial charge in [-0.05, 0) is 18.2 Å². The normalized spacial score (nSPS) is 14.4. The first-order valence-corrected chi connectivity index (χ1v) is 7.65. The monoisotopic (exact) mass is 346 g/mol. The third kappa shape index (κ3) is 4.35. The van der Waals surface area contributed by atoms with Gasteiger partial charge in [0.1, 0.15) is 11.6 Å². The maximum absolute atomic E-state index is 12.8. The quantitative estimate of drug-likeness (QED) is 0.848. The first kappa shape index (κ1) is 16.6. The van der Waals surface area contributed by atoms with Crippen molar-refractivity contribution in [3.8, 4) is 5.75 Å². The Morgan fingerprint density at radius 2 is 2.23 bits per heavy atom. The van der Waals surface area contributed by atoms with Crippen LogP contribution in [0.1, 0.15) is 0 Å². The van der Waals surface area contributed by atoms with Crippen LogP contribution in [0.15, 0.2) is 18.2 Å². The Kier molecular flexibility index (Phi) is 5.62. The minimum Gasteiger partial charge on any atom is -0.482 e. The van der Waals surface area contributed by atoms with Crippen LogP contribution in [0.5, 0.6) is 5.75 Å². The molecule has 6 nitrogen and oxygen atoms in total. The number of amides is 3. The van der Waals surface area contributed by atoms with E-state index in [9.17, 15) is 18.8 Å². The van der Waals surface area contributed by atoms with Crippen molar-refractivity contribution in [2.45, 2.75) is 0 Å². The van der Waals surface area contributed by atoms with Crippen LogP contribution in [0.3, 0.4) is 0 Å². The highest BCUT2D eigenvalue weighted by molar-refractivity contribution is 8.14. The summed E-state index contributed by atoms with van der Waals surface area (Å²) in [6.45, 7) is -0.0485. The molecule has 0 bridgehead atoms. The van der Waals surface area contributed by atoms with Gasteiger partial charge in [-0.3, -0.25) is 19.3 Å². The van der Waals surface area contributed by atoms with Crippen LogP contribution < -0.4 is 10.1 Å². The van der Waals surface area contributed by atoms with Crippen molar-refractivity contribution in [3.05, 3.63) is 29.0 Å². The molecule has 9 heteroatoms. The molecule has 0 aromatic heterocycles. The highest BCUT2D eigenvalue weighted by Crippen LogP contribution is 2.24. The third-order valence-electron chi connectivity index (χ3n) is 2.75. The van der Waals surface area contributed by atoms with Crippen molar-refractivity contribution >= 4 is 40.4 Å². The number of benzene rings is 1. The Morgan fingerprint density at radius 1 is 1.45 bits per heavy atom. The summed E-state index contributed by atoms with van der Waals surface area (Å²) in [5.41, 5.74) is 0. The number of thioether (sulfide) groups is 1. The number of nitrogens with zero attached hydrogens (tertiary/aromatic N) is 1. The molecule has 0 saturated carbocycles. The highest BCUT2D eigenvalue weighted by Gasteiger charge is 2.29. The molecule has 1 fully saturated rings. The SMILES string of the molecule is O=C(COc1ccc(F)cc1Cl)NCCN1C(=O)CSC1=O. The zero-order valence-corrected chi connectivity index (χ0v) is 12.9. The second-order valence-electron chi connectivity index (χ2n) is 4.31. The predicted octanol–water partition coefficient (Wildman–Crippen LogP) is 1.67. The molecule has 1 saturated heterocycles. The number of imide groups is 1. The van der Waals surface area contributed by atoms with Crippen LogP contribution in [0.2, 0.25) is 5.02 Å². The molecule has 3 amide bonds. The number of hydrogen-bond donors (Lipinski definition) is 1. The molecule has 1 aliphatic rings. The molecular weight excluding hydrogens is 335 g/mol. The standard InChI is InChI=1S/C13H12ClFN2O4S/c14-9-5-8(15)1-2-10(9)21-6-11(18)16-3-4-17-12(19)7-22-13(17)20/h1-2,5H,3-4,6-7H2,(H,16,18). The Morgan fingerprint density at radius 3 is 2.86 bits per heavy atom. The molecule has 0 radical (unpaired) electrons. The average molecular weight is 347 g/mol. The highest BCUT2D eigenvalue weighted by atomic mass is 35.5. The summed E-state index contributed by atoms with van der Waals surface area (Å²) < 4.78 is 18.0. The molecule has 118 valence electrons. The minimum absolute atomic E-state index is 0.0677. The molecule has 0 atom stereocenters. The maximum Gasteiger partial charge on any atom is 0.288 e. The zero-order valence-electron chi connectivity index (χ0n) is 11.3. The van der Waals surface area contributed by atoms with Crippen molar-refractivity contribution < 1.29 is 23.5 Å². The van der Waals surface area contributed by atoms with Gasteiger partial charge in [-0.2, -0.15) is 0 Å². The number of nitrogens with one attached hydrogen (secondary N) is 1. The lowest BCUT2D eigenvalue weighted by Gasteiger charge is -2.13. The van der Waals surface area contributed by atoms with Crippen LogP contribution in [0, 0.1) is 5.82 Å². The number of rotatable bonds is 6. The van der Waals surface area contributed by atoms with E-state index in [0.717, 1.165) is 22.7 Å². The fourth-order valence-electron chi connectivity index (χ4n) is 1.69. The number of halogens is 2. The smallest absolute Gasteiger partial charge is 0.288 e. The fraction of sp³-hybridized carbons (Fsp3) is 0.308. The molecule has 0 aliphatic carbocycles. The molecule has 1 N–H and O–H groups in total. The van der Waals surface area contributed by atoms with Gasteiger partial charge in [-0.25, -0.2) is 4.39 Å². The van der Waals surface area contributed by atoms with E-state index < -0.39 is 11.7 Å². The lowest BCUT2D eigenvalue weighted by molar-refractivity contribution is -0.126. The fourth-order valence-corrected chi connectivity index (χ4v) is 2.66. The zero-order chi connectivity index (χ0) is 16.1. The molecule has 1 heterocycles. The van der Waals surface area contributed by atoms with Gasteiger partial charge in [0, 0.05) is 13.1 Å². The van der Waals surface area contributed by atoms with Crippen molar-refractivity contribution in [1.82, 2.24) is 10.2 Å². The van der Waals surface area contributed by atoms with E-state index in [1.807, 2.05) is 0 Å². The average Bonchev–Trinajstić information content (AvgIpc) is 2.78. The second-order valence-corrected chi connectivity index (χ2v) is 5.65. The van der Waals surface area contributed by atoms with Gasteiger partial charge in [0.2, 0.25) is 5.91 Å².